The molecule has 42 heavy (non-hydrogen) atoms. The molecule has 1 aliphatic carbocycles. The molecule has 224 valence electrons. The molecular weight excluding hydrogens is 594 g/mol. The predicted octanol–water partition coefficient (Wildman–Crippen LogP) is 4.20. The molecule has 1 saturated carbocycles. The monoisotopic (exact) mass is 622 g/mol. The summed E-state index contributed by atoms with van der Waals surface area (Å²) in [5.74, 6) is -2.76. The number of ether oxygens (including phenoxy) is 2. The fourth-order valence-electron chi connectivity index (χ4n) is 4.58. The lowest BCUT2D eigenvalue weighted by Crippen LogP contribution is -2.24. The molecule has 0 aliphatic heterocycles. The van der Waals surface area contributed by atoms with Crippen molar-refractivity contribution in [3.8, 4) is 22.0 Å². The molecule has 16 heteroatoms. The molecule has 1 aliphatic rings. The molecule has 4 aromatic rings. The summed E-state index contributed by atoms with van der Waals surface area (Å²) < 4.78 is 42.5. The minimum Gasteiger partial charge on any atom is -0.441 e. The topological polar surface area (TPSA) is 152 Å². The van der Waals surface area contributed by atoms with Crippen LogP contribution in [0.1, 0.15) is 49.1 Å². The van der Waals surface area contributed by atoms with Gasteiger partial charge in [-0.1, -0.05) is 0 Å². The number of anilines is 1. The summed E-state index contributed by atoms with van der Waals surface area (Å²) in [5, 5.41) is 13.5. The number of rotatable bonds is 10. The van der Waals surface area contributed by atoms with Gasteiger partial charge in [0.05, 0.1) is 30.6 Å². The second-order valence-electron chi connectivity index (χ2n) is 9.33. The van der Waals surface area contributed by atoms with E-state index >= 15 is 0 Å². The van der Waals surface area contributed by atoms with Gasteiger partial charge in [0.2, 0.25) is 5.95 Å². The molecule has 0 spiro atoms. The van der Waals surface area contributed by atoms with Crippen LogP contribution in [0.3, 0.4) is 0 Å². The third-order valence-corrected chi connectivity index (χ3v) is 7.47. The molecule has 0 radical (unpaired) electrons. The molecule has 0 bridgehead atoms. The normalized spacial score (nSPS) is 16.6. The molecule has 0 unspecified atom stereocenters. The number of nitrogens with one attached hydrogen (secondary N) is 1. The Morgan fingerprint density at radius 3 is 2.67 bits per heavy atom. The number of esters is 1. The van der Waals surface area contributed by atoms with Crippen LogP contribution in [0.15, 0.2) is 36.1 Å². The summed E-state index contributed by atoms with van der Waals surface area (Å²) in [6.07, 6.45) is 8.19. The van der Waals surface area contributed by atoms with Gasteiger partial charge in [-0.2, -0.15) is 14.6 Å². The predicted molar refractivity (Wildman–Crippen MR) is 152 cm³/mol. The number of carbonyl (C=O) groups excluding carboxylic acids is 2. The first-order valence-electron chi connectivity index (χ1n) is 13.0. The van der Waals surface area contributed by atoms with Crippen LogP contribution in [0.25, 0.3) is 22.0 Å². The molecule has 0 atom stereocenters. The van der Waals surface area contributed by atoms with Crippen LogP contribution in [0.2, 0.25) is 0 Å². The maximum atomic E-state index is 14.7. The average molecular weight is 623 g/mol. The highest BCUT2D eigenvalue weighted by molar-refractivity contribution is 7.13. The second kappa shape index (κ2) is 13.9. The molecule has 1 fully saturated rings. The Kier molecular flexibility index (Phi) is 10.3. The van der Waals surface area contributed by atoms with E-state index in [4.69, 9.17) is 15.2 Å². The van der Waals surface area contributed by atoms with E-state index in [9.17, 15) is 18.4 Å². The van der Waals surface area contributed by atoms with Crippen LogP contribution >= 0.6 is 23.7 Å². The van der Waals surface area contributed by atoms with Gasteiger partial charge in [-0.05, 0) is 44.7 Å². The summed E-state index contributed by atoms with van der Waals surface area (Å²) in [4.78, 5) is 32.6. The number of nitrogens with zero attached hydrogens (tertiary/aromatic N) is 6. The molecule has 3 N–H and O–H groups in total. The Morgan fingerprint density at radius 2 is 1.93 bits per heavy atom. The number of carbonyl (C=O) groups is 2. The highest BCUT2D eigenvalue weighted by atomic mass is 35.5. The van der Waals surface area contributed by atoms with Gasteiger partial charge in [0.1, 0.15) is 22.1 Å². The van der Waals surface area contributed by atoms with Gasteiger partial charge in [-0.25, -0.2) is 19.0 Å². The number of aromatic nitrogens is 6. The van der Waals surface area contributed by atoms with Crippen LogP contribution in [-0.2, 0) is 21.0 Å². The van der Waals surface area contributed by atoms with Crippen molar-refractivity contribution in [2.24, 2.45) is 5.73 Å². The standard InChI is InChI=1S/C26H28F2N8O4S.ClH/c1-2-39-17-5-3-16(4-6-17)36-12-19(24(34-36)23-18(27)7-8-21(28)33-23)31-25(38)20-13-41-26(32-20)15-10-30-35(11-15)14-40-22(37)9-29;/h7-8,10-13,16-17H,2-6,9,14,29H2,1H3,(H,31,38);1H. The summed E-state index contributed by atoms with van der Waals surface area (Å²) in [5.41, 5.74) is 5.85. The van der Waals surface area contributed by atoms with Crippen molar-refractivity contribution < 1.29 is 27.8 Å². The van der Waals surface area contributed by atoms with Crippen molar-refractivity contribution in [1.29, 1.82) is 0 Å². The number of amides is 1. The van der Waals surface area contributed by atoms with Gasteiger partial charge in [0.25, 0.3) is 5.91 Å². The van der Waals surface area contributed by atoms with E-state index in [1.807, 2.05) is 6.92 Å². The fraction of sp³-hybridized carbons (Fsp3) is 0.385. The first-order valence-corrected chi connectivity index (χ1v) is 13.9. The quantitative estimate of drug-likeness (QED) is 0.196. The number of nitrogens with two attached hydrogens (primary N) is 1. The molecule has 1 amide bonds. The maximum Gasteiger partial charge on any atom is 0.321 e. The van der Waals surface area contributed by atoms with Crippen LogP contribution in [0.4, 0.5) is 14.5 Å². The third kappa shape index (κ3) is 7.15. The molecule has 0 aromatic carbocycles. The first-order chi connectivity index (χ1) is 19.8. The molecule has 5 rings (SSSR count). The van der Waals surface area contributed by atoms with E-state index in [1.165, 1.54) is 22.2 Å². The Balaban J connectivity index is 0.00000405. The van der Waals surface area contributed by atoms with E-state index in [2.05, 4.69) is 25.5 Å². The van der Waals surface area contributed by atoms with Crippen molar-refractivity contribution in [3.63, 3.8) is 0 Å². The Bertz CT molecular complexity index is 1540. The van der Waals surface area contributed by atoms with Gasteiger partial charge in [-0.3, -0.25) is 14.3 Å². The minimum atomic E-state index is -0.868. The molecule has 12 nitrogen and oxygen atoms in total. The number of pyridine rings is 1. The number of hydrogen-bond acceptors (Lipinski definition) is 10. The maximum absolute atomic E-state index is 14.7. The van der Waals surface area contributed by atoms with E-state index in [0.717, 1.165) is 37.8 Å². The lowest BCUT2D eigenvalue weighted by Gasteiger charge is -2.28. The van der Waals surface area contributed by atoms with Gasteiger partial charge < -0.3 is 20.5 Å². The third-order valence-electron chi connectivity index (χ3n) is 6.58. The lowest BCUT2D eigenvalue weighted by atomic mass is 9.93. The SMILES string of the molecule is CCOC1CCC(n2cc(NC(=O)c3csc(-c4cnn(COC(=O)CN)c4)n3)c(-c3nc(F)ccc3F)n2)CC1.Cl. The highest BCUT2D eigenvalue weighted by Gasteiger charge is 2.27. The van der Waals surface area contributed by atoms with Gasteiger partial charge in [0.15, 0.2) is 12.5 Å². The van der Waals surface area contributed by atoms with E-state index in [-0.39, 0.29) is 60.6 Å². The summed E-state index contributed by atoms with van der Waals surface area (Å²) in [6.45, 7) is 2.26. The Morgan fingerprint density at radius 1 is 1.14 bits per heavy atom. The number of hydrogen-bond donors (Lipinski definition) is 2. The summed E-state index contributed by atoms with van der Waals surface area (Å²) in [7, 11) is 0. The van der Waals surface area contributed by atoms with Crippen LogP contribution in [0.5, 0.6) is 0 Å². The molecular formula is C26H29ClF2N8O4S. The van der Waals surface area contributed by atoms with Crippen LogP contribution < -0.4 is 11.1 Å². The molecule has 4 aromatic heterocycles. The molecule has 4 heterocycles. The van der Waals surface area contributed by atoms with E-state index < -0.39 is 23.6 Å². The fourth-order valence-corrected chi connectivity index (χ4v) is 5.36. The highest BCUT2D eigenvalue weighted by Crippen LogP contribution is 2.34. The minimum absolute atomic E-state index is 0. The smallest absolute Gasteiger partial charge is 0.321 e. The van der Waals surface area contributed by atoms with Crippen LogP contribution in [0, 0.1) is 11.8 Å². The van der Waals surface area contributed by atoms with Crippen molar-refractivity contribution in [3.05, 3.63) is 53.6 Å². The largest absolute Gasteiger partial charge is 0.441 e. The van der Waals surface area contributed by atoms with Crippen LogP contribution in [-0.4, -0.2) is 60.7 Å². The Hall–Kier alpha value is -3.79. The first kappa shape index (κ1) is 31.2. The van der Waals surface area contributed by atoms with Gasteiger partial charge in [-0.15, -0.1) is 23.7 Å². The zero-order chi connectivity index (χ0) is 28.9. The zero-order valence-electron chi connectivity index (χ0n) is 22.5. The van der Waals surface area contributed by atoms with Crippen molar-refractivity contribution >= 4 is 41.3 Å². The van der Waals surface area contributed by atoms with Gasteiger partial charge in [0, 0.05) is 29.9 Å². The van der Waals surface area contributed by atoms with Crippen molar-refractivity contribution in [1.82, 2.24) is 29.5 Å². The lowest BCUT2D eigenvalue weighted by molar-refractivity contribution is -0.146. The zero-order valence-corrected chi connectivity index (χ0v) is 24.2. The average Bonchev–Trinajstić information content (AvgIpc) is 3.74. The summed E-state index contributed by atoms with van der Waals surface area (Å²) in [6, 6.07) is 1.89. The number of thiazole rings is 1. The molecule has 0 saturated heterocycles. The van der Waals surface area contributed by atoms with Crippen molar-refractivity contribution in [2.75, 3.05) is 18.5 Å². The van der Waals surface area contributed by atoms with E-state index in [1.54, 1.807) is 22.5 Å². The number of halogens is 3. The van der Waals surface area contributed by atoms with E-state index in [0.29, 0.717) is 17.2 Å². The summed E-state index contributed by atoms with van der Waals surface area (Å²) >= 11 is 1.21. The van der Waals surface area contributed by atoms with Crippen molar-refractivity contribution in [2.45, 2.75) is 51.5 Å². The van der Waals surface area contributed by atoms with Gasteiger partial charge >= 0.3 is 5.97 Å². The second-order valence-corrected chi connectivity index (χ2v) is 10.2. The Labute approximate surface area is 249 Å².